The van der Waals surface area contributed by atoms with Gasteiger partial charge >= 0.3 is 5.69 Å². The van der Waals surface area contributed by atoms with Crippen LogP contribution in [0.2, 0.25) is 0 Å². The Kier molecular flexibility index (Phi) is 5.42. The maximum absolute atomic E-state index is 11.3. The molecular weight excluding hydrogens is 374 g/mol. The zero-order valence-electron chi connectivity index (χ0n) is 13.0. The average molecular weight is 392 g/mol. The molecule has 1 aliphatic rings. The van der Waals surface area contributed by atoms with E-state index in [2.05, 4.69) is 38.4 Å². The van der Waals surface area contributed by atoms with Crippen molar-refractivity contribution in [1.29, 1.82) is 0 Å². The highest BCUT2D eigenvalue weighted by Crippen LogP contribution is 2.36. The van der Waals surface area contributed by atoms with Crippen LogP contribution in [0, 0.1) is 16.0 Å². The standard InChI is InChI=1S/C17H18BrN3O3/c18-16-10-14(15(11-19-16)21(22)23)20-17(12-4-2-1-3-5-12)13-6-8-24-9-7-13/h1-5,10-11,13,17H,6-9H2,(H,19,20). The van der Waals surface area contributed by atoms with Crippen molar-refractivity contribution in [3.05, 3.63) is 62.9 Å². The van der Waals surface area contributed by atoms with Crippen LogP contribution in [-0.4, -0.2) is 23.1 Å². The van der Waals surface area contributed by atoms with Gasteiger partial charge in [0.25, 0.3) is 0 Å². The van der Waals surface area contributed by atoms with E-state index in [9.17, 15) is 10.1 Å². The van der Waals surface area contributed by atoms with Gasteiger partial charge in [0.2, 0.25) is 0 Å². The lowest BCUT2D eigenvalue weighted by Gasteiger charge is -2.32. The van der Waals surface area contributed by atoms with E-state index in [1.165, 1.54) is 6.20 Å². The minimum atomic E-state index is -0.409. The fourth-order valence-electron chi connectivity index (χ4n) is 3.03. The molecular formula is C17H18BrN3O3. The van der Waals surface area contributed by atoms with E-state index in [0.717, 1.165) is 31.6 Å². The Morgan fingerprint density at radius 1 is 1.29 bits per heavy atom. The summed E-state index contributed by atoms with van der Waals surface area (Å²) in [5.74, 6) is 0.354. The predicted molar refractivity (Wildman–Crippen MR) is 94.9 cm³/mol. The molecule has 1 atom stereocenters. The zero-order chi connectivity index (χ0) is 16.9. The summed E-state index contributed by atoms with van der Waals surface area (Å²) in [6.45, 7) is 1.44. The molecule has 0 spiro atoms. The number of ether oxygens (including phenoxy) is 1. The number of nitrogens with zero attached hydrogens (tertiary/aromatic N) is 2. The number of hydrogen-bond acceptors (Lipinski definition) is 5. The van der Waals surface area contributed by atoms with Crippen molar-refractivity contribution in [1.82, 2.24) is 4.98 Å². The Balaban J connectivity index is 1.95. The summed E-state index contributed by atoms with van der Waals surface area (Å²) in [4.78, 5) is 14.9. The molecule has 7 heteroatoms. The van der Waals surface area contributed by atoms with E-state index in [1.807, 2.05) is 18.2 Å². The number of aromatic nitrogens is 1. The molecule has 1 aromatic carbocycles. The largest absolute Gasteiger partial charge is 0.381 e. The van der Waals surface area contributed by atoms with Crippen LogP contribution in [0.15, 0.2) is 47.2 Å². The Labute approximate surface area is 148 Å². The molecule has 1 aromatic heterocycles. The minimum Gasteiger partial charge on any atom is -0.381 e. The van der Waals surface area contributed by atoms with E-state index < -0.39 is 4.92 Å². The Morgan fingerprint density at radius 3 is 2.67 bits per heavy atom. The molecule has 1 unspecified atom stereocenters. The molecule has 3 rings (SSSR count). The van der Waals surface area contributed by atoms with Crippen LogP contribution in [-0.2, 0) is 4.74 Å². The number of pyridine rings is 1. The van der Waals surface area contributed by atoms with Crippen molar-refractivity contribution in [2.75, 3.05) is 18.5 Å². The van der Waals surface area contributed by atoms with Gasteiger partial charge in [-0.2, -0.15) is 0 Å². The van der Waals surface area contributed by atoms with Gasteiger partial charge in [-0.1, -0.05) is 30.3 Å². The van der Waals surface area contributed by atoms with Gasteiger partial charge in [-0.15, -0.1) is 0 Å². The van der Waals surface area contributed by atoms with Crippen LogP contribution in [0.3, 0.4) is 0 Å². The lowest BCUT2D eigenvalue weighted by atomic mass is 9.87. The van der Waals surface area contributed by atoms with Gasteiger partial charge in [-0.3, -0.25) is 10.1 Å². The first-order valence-electron chi connectivity index (χ1n) is 7.84. The second-order valence-electron chi connectivity index (χ2n) is 5.76. The average Bonchev–Trinajstić information content (AvgIpc) is 2.61. The number of nitrogens with one attached hydrogen (secondary N) is 1. The molecule has 1 saturated heterocycles. The lowest BCUT2D eigenvalue weighted by Crippen LogP contribution is -2.27. The van der Waals surface area contributed by atoms with Crippen LogP contribution in [0.1, 0.15) is 24.4 Å². The third kappa shape index (κ3) is 3.91. The second kappa shape index (κ2) is 7.72. The Morgan fingerprint density at radius 2 is 2.00 bits per heavy atom. The highest BCUT2D eigenvalue weighted by atomic mass is 79.9. The number of benzene rings is 1. The summed E-state index contributed by atoms with van der Waals surface area (Å²) >= 11 is 3.29. The highest BCUT2D eigenvalue weighted by Gasteiger charge is 2.27. The predicted octanol–water partition coefficient (Wildman–Crippen LogP) is 4.33. The van der Waals surface area contributed by atoms with E-state index in [4.69, 9.17) is 4.74 Å². The maximum Gasteiger partial charge on any atom is 0.310 e. The van der Waals surface area contributed by atoms with Crippen LogP contribution in [0.25, 0.3) is 0 Å². The molecule has 1 aliphatic heterocycles. The molecule has 24 heavy (non-hydrogen) atoms. The van der Waals surface area contributed by atoms with E-state index in [1.54, 1.807) is 6.07 Å². The number of rotatable bonds is 5. The summed E-state index contributed by atoms with van der Waals surface area (Å²) in [6, 6.07) is 11.7. The summed E-state index contributed by atoms with van der Waals surface area (Å²) in [6.07, 6.45) is 3.12. The SMILES string of the molecule is O=[N+]([O-])c1cnc(Br)cc1NC(c1ccccc1)C1CCOCC1. The minimum absolute atomic E-state index is 0.0110. The summed E-state index contributed by atoms with van der Waals surface area (Å²) in [5.41, 5.74) is 1.57. The number of nitro groups is 1. The zero-order valence-corrected chi connectivity index (χ0v) is 14.6. The molecule has 2 aromatic rings. The topological polar surface area (TPSA) is 77.3 Å². The van der Waals surface area contributed by atoms with Gasteiger partial charge < -0.3 is 10.1 Å². The molecule has 0 saturated carbocycles. The molecule has 0 bridgehead atoms. The quantitative estimate of drug-likeness (QED) is 0.466. The monoisotopic (exact) mass is 391 g/mol. The molecule has 2 heterocycles. The third-order valence-electron chi connectivity index (χ3n) is 4.25. The maximum atomic E-state index is 11.3. The Bertz CT molecular complexity index is 705. The van der Waals surface area contributed by atoms with Crippen molar-refractivity contribution < 1.29 is 9.66 Å². The first-order chi connectivity index (χ1) is 11.6. The normalized spacial score (nSPS) is 16.5. The van der Waals surface area contributed by atoms with Crippen LogP contribution in [0.4, 0.5) is 11.4 Å². The number of hydrogen-bond donors (Lipinski definition) is 1. The van der Waals surface area contributed by atoms with E-state index in [0.29, 0.717) is 16.2 Å². The van der Waals surface area contributed by atoms with E-state index in [-0.39, 0.29) is 11.7 Å². The number of halogens is 1. The first kappa shape index (κ1) is 16.9. The molecule has 1 fully saturated rings. The highest BCUT2D eigenvalue weighted by molar-refractivity contribution is 9.10. The van der Waals surface area contributed by atoms with Gasteiger partial charge in [-0.25, -0.2) is 4.98 Å². The van der Waals surface area contributed by atoms with Gasteiger partial charge in [-0.05, 0) is 40.3 Å². The fourth-order valence-corrected chi connectivity index (χ4v) is 3.37. The van der Waals surface area contributed by atoms with Gasteiger partial charge in [0, 0.05) is 19.3 Å². The van der Waals surface area contributed by atoms with Crippen molar-refractivity contribution in [2.45, 2.75) is 18.9 Å². The van der Waals surface area contributed by atoms with E-state index >= 15 is 0 Å². The summed E-state index contributed by atoms with van der Waals surface area (Å²) in [5, 5.41) is 14.7. The second-order valence-corrected chi connectivity index (χ2v) is 6.58. The number of anilines is 1. The van der Waals surface area contributed by atoms with Crippen molar-refractivity contribution in [3.63, 3.8) is 0 Å². The van der Waals surface area contributed by atoms with Gasteiger partial charge in [0.15, 0.2) is 0 Å². The van der Waals surface area contributed by atoms with Crippen molar-refractivity contribution in [3.8, 4) is 0 Å². The molecule has 1 N–H and O–H groups in total. The smallest absolute Gasteiger partial charge is 0.310 e. The van der Waals surface area contributed by atoms with Crippen LogP contribution in [0.5, 0.6) is 0 Å². The van der Waals surface area contributed by atoms with Crippen molar-refractivity contribution >= 4 is 27.3 Å². The summed E-state index contributed by atoms with van der Waals surface area (Å²) < 4.78 is 6.03. The Hall–Kier alpha value is -1.99. The van der Waals surface area contributed by atoms with Gasteiger partial charge in [0.1, 0.15) is 16.5 Å². The molecule has 6 nitrogen and oxygen atoms in total. The molecule has 0 amide bonds. The molecule has 0 aliphatic carbocycles. The summed E-state index contributed by atoms with van der Waals surface area (Å²) in [7, 11) is 0. The molecule has 0 radical (unpaired) electrons. The third-order valence-corrected chi connectivity index (χ3v) is 4.69. The van der Waals surface area contributed by atoms with Crippen LogP contribution >= 0.6 is 15.9 Å². The lowest BCUT2D eigenvalue weighted by molar-refractivity contribution is -0.384. The van der Waals surface area contributed by atoms with Gasteiger partial charge in [0.05, 0.1) is 11.0 Å². The van der Waals surface area contributed by atoms with Crippen molar-refractivity contribution in [2.24, 2.45) is 5.92 Å². The molecule has 126 valence electrons. The first-order valence-corrected chi connectivity index (χ1v) is 8.63. The fraction of sp³-hybridized carbons (Fsp3) is 0.353. The van der Waals surface area contributed by atoms with Crippen LogP contribution < -0.4 is 5.32 Å².